The zero-order valence-corrected chi connectivity index (χ0v) is 11.7. The van der Waals surface area contributed by atoms with Crippen LogP contribution >= 0.6 is 0 Å². The molecule has 2 heteroatoms. The highest BCUT2D eigenvalue weighted by atomic mass is 16.5. The van der Waals surface area contributed by atoms with Crippen molar-refractivity contribution in [3.8, 4) is 0 Å². The second-order valence-electron chi connectivity index (χ2n) is 5.88. The molecule has 0 aliphatic heterocycles. The summed E-state index contributed by atoms with van der Waals surface area (Å²) in [5, 5.41) is 3.54. The van der Waals surface area contributed by atoms with Gasteiger partial charge in [0.2, 0.25) is 0 Å². The van der Waals surface area contributed by atoms with Crippen LogP contribution in [0, 0.1) is 11.3 Å². The number of nitrogens with one attached hydrogen (secondary N) is 1. The van der Waals surface area contributed by atoms with Gasteiger partial charge in [0.1, 0.15) is 0 Å². The third-order valence-electron chi connectivity index (χ3n) is 3.99. The fourth-order valence-electron chi connectivity index (χ4n) is 2.62. The maximum Gasteiger partial charge on any atom is 0.0656 e. The highest BCUT2D eigenvalue weighted by Gasteiger charge is 2.48. The Balaban J connectivity index is 2.25. The van der Waals surface area contributed by atoms with Crippen LogP contribution < -0.4 is 5.32 Å². The van der Waals surface area contributed by atoms with Gasteiger partial charge in [0, 0.05) is 18.1 Å². The van der Waals surface area contributed by atoms with Crippen molar-refractivity contribution >= 4 is 0 Å². The lowest BCUT2D eigenvalue weighted by Crippen LogP contribution is -2.61. The SMILES string of the molecule is CCCC(C)COC1CC(NCC)C1(C)C. The minimum Gasteiger partial charge on any atom is -0.377 e. The molecule has 96 valence electrons. The number of hydrogen-bond acceptors (Lipinski definition) is 2. The Kier molecular flexibility index (Phi) is 5.26. The van der Waals surface area contributed by atoms with Crippen molar-refractivity contribution in [3.05, 3.63) is 0 Å². The summed E-state index contributed by atoms with van der Waals surface area (Å²) in [5.74, 6) is 0.707. The highest BCUT2D eigenvalue weighted by Crippen LogP contribution is 2.42. The molecule has 3 unspecified atom stereocenters. The molecule has 16 heavy (non-hydrogen) atoms. The molecule has 1 N–H and O–H groups in total. The van der Waals surface area contributed by atoms with E-state index in [1.165, 1.54) is 19.3 Å². The Labute approximate surface area is 101 Å². The molecule has 1 saturated carbocycles. The number of rotatable bonds is 7. The second kappa shape index (κ2) is 6.02. The molecule has 1 fully saturated rings. The summed E-state index contributed by atoms with van der Waals surface area (Å²) in [6.45, 7) is 13.3. The van der Waals surface area contributed by atoms with E-state index in [4.69, 9.17) is 4.74 Å². The topological polar surface area (TPSA) is 21.3 Å². The first-order valence-electron chi connectivity index (χ1n) is 6.87. The third kappa shape index (κ3) is 3.21. The number of hydrogen-bond donors (Lipinski definition) is 1. The molecular weight excluding hydrogens is 198 g/mol. The average Bonchev–Trinajstić information content (AvgIpc) is 2.22. The second-order valence-corrected chi connectivity index (χ2v) is 5.88. The Hall–Kier alpha value is -0.0800. The molecule has 0 aromatic carbocycles. The molecular formula is C14H29NO. The van der Waals surface area contributed by atoms with Gasteiger partial charge in [-0.15, -0.1) is 0 Å². The standard InChI is InChI=1S/C14H29NO/c1-6-8-11(3)10-16-13-9-12(15-7-2)14(13,4)5/h11-13,15H,6-10H2,1-5H3. The van der Waals surface area contributed by atoms with E-state index in [0.29, 0.717) is 23.5 Å². The molecule has 0 aromatic heterocycles. The quantitative estimate of drug-likeness (QED) is 0.721. The van der Waals surface area contributed by atoms with Gasteiger partial charge >= 0.3 is 0 Å². The molecule has 1 rings (SSSR count). The molecule has 0 saturated heterocycles. The lowest BCUT2D eigenvalue weighted by molar-refractivity contribution is -0.124. The van der Waals surface area contributed by atoms with Crippen LogP contribution in [0.4, 0.5) is 0 Å². The van der Waals surface area contributed by atoms with Gasteiger partial charge in [-0.3, -0.25) is 0 Å². The van der Waals surface area contributed by atoms with Crippen molar-refractivity contribution < 1.29 is 4.74 Å². The van der Waals surface area contributed by atoms with E-state index in [1.807, 2.05) is 0 Å². The Morgan fingerprint density at radius 2 is 2.06 bits per heavy atom. The molecule has 0 amide bonds. The highest BCUT2D eigenvalue weighted by molar-refractivity contribution is 5.02. The van der Waals surface area contributed by atoms with Gasteiger partial charge in [-0.25, -0.2) is 0 Å². The van der Waals surface area contributed by atoms with Crippen molar-refractivity contribution in [1.29, 1.82) is 0 Å². The van der Waals surface area contributed by atoms with Crippen LogP contribution in [0.25, 0.3) is 0 Å². The van der Waals surface area contributed by atoms with Crippen molar-refractivity contribution in [1.82, 2.24) is 5.32 Å². The van der Waals surface area contributed by atoms with Crippen LogP contribution in [-0.4, -0.2) is 25.3 Å². The molecule has 1 aliphatic carbocycles. The summed E-state index contributed by atoms with van der Waals surface area (Å²) in [7, 11) is 0. The van der Waals surface area contributed by atoms with Crippen LogP contribution in [0.2, 0.25) is 0 Å². The Bertz CT molecular complexity index is 203. The van der Waals surface area contributed by atoms with E-state index in [2.05, 4.69) is 39.9 Å². The fourth-order valence-corrected chi connectivity index (χ4v) is 2.62. The summed E-state index contributed by atoms with van der Waals surface area (Å²) in [4.78, 5) is 0. The van der Waals surface area contributed by atoms with Crippen LogP contribution in [0.1, 0.15) is 53.9 Å². The smallest absolute Gasteiger partial charge is 0.0656 e. The molecule has 0 heterocycles. The first-order chi connectivity index (χ1) is 7.52. The molecule has 3 atom stereocenters. The minimum atomic E-state index is 0.307. The Morgan fingerprint density at radius 3 is 2.56 bits per heavy atom. The minimum absolute atomic E-state index is 0.307. The number of ether oxygens (including phenoxy) is 1. The van der Waals surface area contributed by atoms with Crippen LogP contribution in [-0.2, 0) is 4.74 Å². The van der Waals surface area contributed by atoms with E-state index in [-0.39, 0.29) is 0 Å². The molecule has 0 radical (unpaired) electrons. The first kappa shape index (κ1) is 14.0. The van der Waals surface area contributed by atoms with Crippen molar-refractivity contribution in [3.63, 3.8) is 0 Å². The van der Waals surface area contributed by atoms with Crippen LogP contribution in [0.5, 0.6) is 0 Å². The van der Waals surface area contributed by atoms with E-state index >= 15 is 0 Å². The van der Waals surface area contributed by atoms with Crippen molar-refractivity contribution in [2.75, 3.05) is 13.2 Å². The van der Waals surface area contributed by atoms with Crippen LogP contribution in [0.3, 0.4) is 0 Å². The van der Waals surface area contributed by atoms with Gasteiger partial charge in [-0.2, -0.15) is 0 Å². The molecule has 0 aromatic rings. The predicted octanol–water partition coefficient (Wildman–Crippen LogP) is 3.22. The summed E-state index contributed by atoms with van der Waals surface area (Å²) >= 11 is 0. The van der Waals surface area contributed by atoms with Gasteiger partial charge in [0.25, 0.3) is 0 Å². The van der Waals surface area contributed by atoms with Crippen molar-refractivity contribution in [2.45, 2.75) is 66.0 Å². The fraction of sp³-hybridized carbons (Fsp3) is 1.00. The lowest BCUT2D eigenvalue weighted by Gasteiger charge is -2.52. The molecule has 0 spiro atoms. The van der Waals surface area contributed by atoms with Gasteiger partial charge in [-0.1, -0.05) is 41.0 Å². The maximum absolute atomic E-state index is 6.04. The van der Waals surface area contributed by atoms with E-state index < -0.39 is 0 Å². The maximum atomic E-state index is 6.04. The normalized spacial score (nSPS) is 29.8. The van der Waals surface area contributed by atoms with Gasteiger partial charge in [0.05, 0.1) is 6.10 Å². The largest absolute Gasteiger partial charge is 0.377 e. The van der Waals surface area contributed by atoms with Gasteiger partial charge < -0.3 is 10.1 Å². The monoisotopic (exact) mass is 227 g/mol. The van der Waals surface area contributed by atoms with E-state index in [1.54, 1.807) is 0 Å². The van der Waals surface area contributed by atoms with Gasteiger partial charge in [0.15, 0.2) is 0 Å². The molecule has 0 bridgehead atoms. The van der Waals surface area contributed by atoms with Crippen LogP contribution in [0.15, 0.2) is 0 Å². The van der Waals surface area contributed by atoms with Gasteiger partial charge in [-0.05, 0) is 25.3 Å². The van der Waals surface area contributed by atoms with E-state index in [0.717, 1.165) is 13.2 Å². The van der Waals surface area contributed by atoms with E-state index in [9.17, 15) is 0 Å². The molecule has 2 nitrogen and oxygen atoms in total. The molecule has 1 aliphatic rings. The first-order valence-corrected chi connectivity index (χ1v) is 6.87. The lowest BCUT2D eigenvalue weighted by atomic mass is 9.64. The average molecular weight is 227 g/mol. The van der Waals surface area contributed by atoms with Crippen molar-refractivity contribution in [2.24, 2.45) is 11.3 Å². The zero-order chi connectivity index (χ0) is 12.2. The predicted molar refractivity (Wildman–Crippen MR) is 69.7 cm³/mol. The summed E-state index contributed by atoms with van der Waals surface area (Å²) in [6.07, 6.45) is 4.18. The third-order valence-corrected chi connectivity index (χ3v) is 3.99. The summed E-state index contributed by atoms with van der Waals surface area (Å²) in [5.41, 5.74) is 0.307. The summed E-state index contributed by atoms with van der Waals surface area (Å²) < 4.78 is 6.04. The Morgan fingerprint density at radius 1 is 1.38 bits per heavy atom. The summed E-state index contributed by atoms with van der Waals surface area (Å²) in [6, 6.07) is 0.643. The zero-order valence-electron chi connectivity index (χ0n) is 11.7.